The minimum Gasteiger partial charge on any atom is -0.330 e. The van der Waals surface area contributed by atoms with Gasteiger partial charge in [0.2, 0.25) is 0 Å². The van der Waals surface area contributed by atoms with Crippen molar-refractivity contribution in [1.82, 2.24) is 0 Å². The molecule has 1 atom stereocenters. The molecule has 0 spiro atoms. The van der Waals surface area contributed by atoms with Crippen molar-refractivity contribution in [3.05, 3.63) is 34.9 Å². The van der Waals surface area contributed by atoms with Gasteiger partial charge in [0.25, 0.3) is 0 Å². The predicted molar refractivity (Wildman–Crippen MR) is 85.9 cm³/mol. The number of benzene rings is 1. The quantitative estimate of drug-likeness (QED) is 0.561. The highest BCUT2D eigenvalue weighted by Crippen LogP contribution is 2.24. The fourth-order valence-corrected chi connectivity index (χ4v) is 2.73. The number of hydrogen-bond acceptors (Lipinski definition) is 1. The summed E-state index contributed by atoms with van der Waals surface area (Å²) >= 11 is 6.04. The maximum absolute atomic E-state index is 6.04. The average molecular weight is 282 g/mol. The number of nitrogens with two attached hydrogens (primary N) is 1. The van der Waals surface area contributed by atoms with Crippen LogP contribution in [0.3, 0.4) is 0 Å². The molecule has 1 aromatic carbocycles. The van der Waals surface area contributed by atoms with Gasteiger partial charge in [-0.05, 0) is 36.6 Å². The Morgan fingerprint density at radius 3 is 2.37 bits per heavy atom. The number of hydrogen-bond donors (Lipinski definition) is 1. The second kappa shape index (κ2) is 10.3. The minimum atomic E-state index is 0.467. The summed E-state index contributed by atoms with van der Waals surface area (Å²) in [6.45, 7) is 2.98. The maximum Gasteiger partial charge on any atom is 0.0408 e. The third-order valence-corrected chi connectivity index (χ3v) is 4.00. The van der Waals surface area contributed by atoms with Crippen molar-refractivity contribution in [1.29, 1.82) is 0 Å². The number of unbranched alkanes of at least 4 members (excludes halogenated alkanes) is 6. The van der Waals surface area contributed by atoms with E-state index in [1.165, 1.54) is 56.9 Å². The van der Waals surface area contributed by atoms with Gasteiger partial charge < -0.3 is 5.73 Å². The Morgan fingerprint density at radius 1 is 1.05 bits per heavy atom. The lowest BCUT2D eigenvalue weighted by Crippen LogP contribution is -2.12. The summed E-state index contributed by atoms with van der Waals surface area (Å²) in [5.74, 6) is 0.467. The fourth-order valence-electron chi connectivity index (χ4n) is 2.53. The van der Waals surface area contributed by atoms with Crippen LogP contribution in [0.2, 0.25) is 5.02 Å². The van der Waals surface area contributed by atoms with E-state index in [-0.39, 0.29) is 0 Å². The van der Waals surface area contributed by atoms with Crippen molar-refractivity contribution < 1.29 is 0 Å². The molecule has 0 amide bonds. The first kappa shape index (κ1) is 16.5. The van der Waals surface area contributed by atoms with Gasteiger partial charge in [0.1, 0.15) is 0 Å². The van der Waals surface area contributed by atoms with Crippen LogP contribution in [0, 0.1) is 0 Å². The van der Waals surface area contributed by atoms with Crippen LogP contribution in [0.1, 0.15) is 69.8 Å². The Morgan fingerprint density at radius 2 is 1.74 bits per heavy atom. The molecule has 0 aromatic heterocycles. The van der Waals surface area contributed by atoms with Gasteiger partial charge in [-0.3, -0.25) is 0 Å². The molecule has 0 saturated carbocycles. The summed E-state index contributed by atoms with van der Waals surface area (Å²) in [7, 11) is 0. The van der Waals surface area contributed by atoms with Gasteiger partial charge in [-0.2, -0.15) is 0 Å². The van der Waals surface area contributed by atoms with E-state index in [1.54, 1.807) is 0 Å². The molecule has 2 heteroatoms. The summed E-state index contributed by atoms with van der Waals surface area (Å²) in [4.78, 5) is 0. The molecule has 1 nitrogen and oxygen atoms in total. The van der Waals surface area contributed by atoms with E-state index in [0.29, 0.717) is 5.92 Å². The minimum absolute atomic E-state index is 0.467. The molecule has 1 unspecified atom stereocenters. The predicted octanol–water partition coefficient (Wildman–Crippen LogP) is 5.52. The highest BCUT2D eigenvalue weighted by Gasteiger charge is 2.09. The zero-order valence-corrected chi connectivity index (χ0v) is 13.0. The second-order valence-electron chi connectivity index (χ2n) is 5.40. The summed E-state index contributed by atoms with van der Waals surface area (Å²) in [6.07, 6.45) is 10.7. The van der Waals surface area contributed by atoms with Crippen molar-refractivity contribution in [3.63, 3.8) is 0 Å². The normalized spacial score (nSPS) is 12.6. The van der Waals surface area contributed by atoms with Crippen LogP contribution in [0.25, 0.3) is 0 Å². The summed E-state index contributed by atoms with van der Waals surface area (Å²) in [6, 6.07) is 8.14. The lowest BCUT2D eigenvalue weighted by molar-refractivity contribution is 0.537. The van der Waals surface area contributed by atoms with E-state index in [4.69, 9.17) is 17.3 Å². The van der Waals surface area contributed by atoms with Crippen LogP contribution in [0.4, 0.5) is 0 Å². The smallest absolute Gasteiger partial charge is 0.0408 e. The van der Waals surface area contributed by atoms with Gasteiger partial charge in [-0.1, -0.05) is 75.6 Å². The fraction of sp³-hybridized carbons (Fsp3) is 0.647. The molecule has 0 aliphatic rings. The highest BCUT2D eigenvalue weighted by molar-refractivity contribution is 6.30. The van der Waals surface area contributed by atoms with E-state index >= 15 is 0 Å². The van der Waals surface area contributed by atoms with Gasteiger partial charge in [0.15, 0.2) is 0 Å². The van der Waals surface area contributed by atoms with Crippen LogP contribution < -0.4 is 5.73 Å². The van der Waals surface area contributed by atoms with Crippen LogP contribution >= 0.6 is 11.6 Å². The largest absolute Gasteiger partial charge is 0.330 e. The third kappa shape index (κ3) is 6.98. The SMILES string of the molecule is CCCCCCCCCC(CN)c1cccc(Cl)c1. The topological polar surface area (TPSA) is 26.0 Å². The number of halogens is 1. The lowest BCUT2D eigenvalue weighted by Gasteiger charge is -2.15. The van der Waals surface area contributed by atoms with E-state index in [9.17, 15) is 0 Å². The zero-order valence-electron chi connectivity index (χ0n) is 12.2. The van der Waals surface area contributed by atoms with E-state index in [1.807, 2.05) is 12.1 Å². The molecule has 0 heterocycles. The van der Waals surface area contributed by atoms with Gasteiger partial charge in [-0.15, -0.1) is 0 Å². The van der Waals surface area contributed by atoms with Crippen molar-refractivity contribution in [3.8, 4) is 0 Å². The van der Waals surface area contributed by atoms with E-state index in [0.717, 1.165) is 11.6 Å². The monoisotopic (exact) mass is 281 g/mol. The van der Waals surface area contributed by atoms with Gasteiger partial charge in [0, 0.05) is 5.02 Å². The Kier molecular flexibility index (Phi) is 8.94. The van der Waals surface area contributed by atoms with Crippen LogP contribution in [-0.4, -0.2) is 6.54 Å². The van der Waals surface area contributed by atoms with Gasteiger partial charge in [-0.25, -0.2) is 0 Å². The van der Waals surface area contributed by atoms with Crippen LogP contribution in [0.15, 0.2) is 24.3 Å². The van der Waals surface area contributed by atoms with Crippen molar-refractivity contribution in [2.75, 3.05) is 6.54 Å². The lowest BCUT2D eigenvalue weighted by atomic mass is 9.93. The van der Waals surface area contributed by atoms with Crippen molar-refractivity contribution in [2.24, 2.45) is 5.73 Å². The summed E-state index contributed by atoms with van der Waals surface area (Å²) in [5.41, 5.74) is 7.18. The second-order valence-corrected chi connectivity index (χ2v) is 5.83. The van der Waals surface area contributed by atoms with Crippen LogP contribution in [0.5, 0.6) is 0 Å². The first-order valence-electron chi connectivity index (χ1n) is 7.73. The molecule has 0 fully saturated rings. The first-order chi connectivity index (χ1) is 9.27. The molecular weight excluding hydrogens is 254 g/mol. The molecule has 0 aliphatic carbocycles. The molecule has 2 N–H and O–H groups in total. The molecule has 0 aliphatic heterocycles. The number of rotatable bonds is 10. The molecule has 0 bridgehead atoms. The molecule has 0 radical (unpaired) electrons. The van der Waals surface area contributed by atoms with E-state index in [2.05, 4.69) is 19.1 Å². The Balaban J connectivity index is 2.22. The Hall–Kier alpha value is -0.530. The first-order valence-corrected chi connectivity index (χ1v) is 8.11. The molecule has 0 saturated heterocycles. The zero-order chi connectivity index (χ0) is 13.9. The highest BCUT2D eigenvalue weighted by atomic mass is 35.5. The molecule has 108 valence electrons. The molecule has 1 aromatic rings. The maximum atomic E-state index is 6.04. The molecule has 19 heavy (non-hydrogen) atoms. The Labute approximate surface area is 123 Å². The van der Waals surface area contributed by atoms with Gasteiger partial charge in [0.05, 0.1) is 0 Å². The summed E-state index contributed by atoms with van der Waals surface area (Å²) in [5, 5.41) is 0.815. The standard InChI is InChI=1S/C17H28ClN/c1-2-3-4-5-6-7-8-10-16(14-19)15-11-9-12-17(18)13-15/h9,11-13,16H,2-8,10,14,19H2,1H3. The van der Waals surface area contributed by atoms with E-state index < -0.39 is 0 Å². The third-order valence-electron chi connectivity index (χ3n) is 3.76. The van der Waals surface area contributed by atoms with Gasteiger partial charge >= 0.3 is 0 Å². The van der Waals surface area contributed by atoms with Crippen molar-refractivity contribution >= 4 is 11.6 Å². The average Bonchev–Trinajstić information content (AvgIpc) is 2.42. The van der Waals surface area contributed by atoms with Crippen molar-refractivity contribution in [2.45, 2.75) is 64.2 Å². The summed E-state index contributed by atoms with van der Waals surface area (Å²) < 4.78 is 0. The Bertz CT molecular complexity index is 338. The molecular formula is C17H28ClN. The van der Waals surface area contributed by atoms with Crippen LogP contribution in [-0.2, 0) is 0 Å². The molecule has 1 rings (SSSR count).